The Kier molecular flexibility index (Phi) is 26.2. The molecule has 2 rings (SSSR count). The normalized spacial score (nSPS) is 11.5. The Morgan fingerprint density at radius 3 is 0.844 bits per heavy atom. The van der Waals surface area contributed by atoms with Crippen molar-refractivity contribution >= 4 is 20.2 Å². The van der Waals surface area contributed by atoms with Gasteiger partial charge in [-0.15, -0.1) is 0 Å². The fourth-order valence-electron chi connectivity index (χ4n) is 5.28. The Bertz CT molecular complexity index is 1090. The van der Waals surface area contributed by atoms with E-state index in [1.165, 1.54) is 140 Å². The third-order valence-electron chi connectivity index (χ3n) is 8.06. The van der Waals surface area contributed by atoms with Crippen LogP contribution in [0, 0.1) is 0 Å². The Hall–Kier alpha value is -1.12. The smallest absolute Gasteiger partial charge is 0.744 e. The molecular formula is C36H58O6S2Zn. The molecule has 0 aromatic heterocycles. The first-order chi connectivity index (χ1) is 21.1. The molecule has 0 radical (unpaired) electrons. The standard InChI is InChI=1S/2C18H30O3S.Zn/c2*1-2-3-4-5-6-7-8-9-10-11-12-17-13-15-18(16-14-17)22(19,20)21;/h2*13-16H,2-12H2,1H3,(H,19,20,21);/q;;+2/p-2. The average Bonchev–Trinajstić information content (AvgIpc) is 2.99. The van der Waals surface area contributed by atoms with E-state index >= 15 is 0 Å². The van der Waals surface area contributed by atoms with Crippen LogP contribution in [0.1, 0.15) is 153 Å². The average molecular weight is 716 g/mol. The van der Waals surface area contributed by atoms with Crippen LogP contribution in [0.2, 0.25) is 0 Å². The summed E-state index contributed by atoms with van der Waals surface area (Å²) in [5, 5.41) is 0. The van der Waals surface area contributed by atoms with E-state index < -0.39 is 20.2 Å². The summed E-state index contributed by atoms with van der Waals surface area (Å²) in [5.74, 6) is 0. The molecule has 0 amide bonds. The molecule has 2 aromatic rings. The van der Waals surface area contributed by atoms with E-state index in [1.807, 2.05) is 0 Å². The van der Waals surface area contributed by atoms with Gasteiger partial charge in [-0.2, -0.15) is 0 Å². The fraction of sp³-hybridized carbons (Fsp3) is 0.667. The van der Waals surface area contributed by atoms with Crippen molar-refractivity contribution in [3.8, 4) is 0 Å². The van der Waals surface area contributed by atoms with Gasteiger partial charge in [-0.1, -0.05) is 154 Å². The van der Waals surface area contributed by atoms with Gasteiger partial charge in [0.2, 0.25) is 0 Å². The van der Waals surface area contributed by atoms with Gasteiger partial charge in [0.25, 0.3) is 0 Å². The molecule has 0 aliphatic carbocycles. The summed E-state index contributed by atoms with van der Waals surface area (Å²) in [4.78, 5) is -0.279. The number of rotatable bonds is 24. The molecule has 0 fully saturated rings. The minimum absolute atomic E-state index is 0. The molecule has 0 aliphatic rings. The van der Waals surface area contributed by atoms with Gasteiger partial charge in [-0.25, -0.2) is 16.8 Å². The van der Waals surface area contributed by atoms with Crippen molar-refractivity contribution in [3.63, 3.8) is 0 Å². The van der Waals surface area contributed by atoms with Gasteiger partial charge in [0.1, 0.15) is 20.2 Å². The van der Waals surface area contributed by atoms with Gasteiger partial charge in [0, 0.05) is 0 Å². The summed E-state index contributed by atoms with van der Waals surface area (Å²) >= 11 is 0. The van der Waals surface area contributed by atoms with Crippen molar-refractivity contribution in [3.05, 3.63) is 59.7 Å². The van der Waals surface area contributed by atoms with E-state index in [0.717, 1.165) is 36.8 Å². The molecule has 2 aromatic carbocycles. The van der Waals surface area contributed by atoms with Crippen LogP contribution in [0.4, 0.5) is 0 Å². The zero-order valence-corrected chi connectivity index (χ0v) is 32.7. The molecule has 0 N–H and O–H groups in total. The molecule has 0 atom stereocenters. The predicted octanol–water partition coefficient (Wildman–Crippen LogP) is 10.1. The monoisotopic (exact) mass is 714 g/mol. The van der Waals surface area contributed by atoms with Crippen molar-refractivity contribution in [1.29, 1.82) is 0 Å². The van der Waals surface area contributed by atoms with Crippen LogP contribution < -0.4 is 0 Å². The summed E-state index contributed by atoms with van der Waals surface area (Å²) in [6, 6.07) is 12.6. The second-order valence-electron chi connectivity index (χ2n) is 12.1. The number of aryl methyl sites for hydroxylation is 2. The van der Waals surface area contributed by atoms with Gasteiger partial charge >= 0.3 is 19.5 Å². The minimum Gasteiger partial charge on any atom is -0.744 e. The van der Waals surface area contributed by atoms with Crippen LogP contribution in [-0.4, -0.2) is 25.9 Å². The molecule has 0 heterocycles. The molecule has 0 bridgehead atoms. The molecule has 0 saturated heterocycles. The summed E-state index contributed by atoms with van der Waals surface area (Å²) in [5.41, 5.74) is 2.21. The van der Waals surface area contributed by atoms with Crippen molar-refractivity contribution in [2.24, 2.45) is 0 Å². The second kappa shape index (κ2) is 26.9. The summed E-state index contributed by atoms with van der Waals surface area (Å²) in [6.07, 6.45) is 28.1. The van der Waals surface area contributed by atoms with E-state index in [1.54, 1.807) is 24.3 Å². The third kappa shape index (κ3) is 23.8. The Morgan fingerprint density at radius 1 is 0.400 bits per heavy atom. The molecule has 0 saturated carbocycles. The minimum atomic E-state index is -4.31. The molecule has 252 valence electrons. The largest absolute Gasteiger partial charge is 2.00 e. The summed E-state index contributed by atoms with van der Waals surface area (Å²) in [6.45, 7) is 4.49. The molecule has 9 heteroatoms. The molecular weight excluding hydrogens is 658 g/mol. The maximum atomic E-state index is 10.8. The fourth-order valence-corrected chi connectivity index (χ4v) is 6.22. The number of benzene rings is 2. The predicted molar refractivity (Wildman–Crippen MR) is 180 cm³/mol. The molecule has 0 unspecified atom stereocenters. The molecule has 45 heavy (non-hydrogen) atoms. The first-order valence-electron chi connectivity index (χ1n) is 17.2. The molecule has 0 spiro atoms. The van der Waals surface area contributed by atoms with E-state index in [2.05, 4.69) is 13.8 Å². The summed E-state index contributed by atoms with van der Waals surface area (Å²) in [7, 11) is -8.63. The van der Waals surface area contributed by atoms with Crippen LogP contribution in [0.25, 0.3) is 0 Å². The van der Waals surface area contributed by atoms with Crippen LogP contribution >= 0.6 is 0 Å². The Labute approximate surface area is 288 Å². The molecule has 6 nitrogen and oxygen atoms in total. The number of hydrogen-bond acceptors (Lipinski definition) is 6. The van der Waals surface area contributed by atoms with Gasteiger partial charge in [0.05, 0.1) is 9.79 Å². The van der Waals surface area contributed by atoms with Crippen LogP contribution in [-0.2, 0) is 52.6 Å². The van der Waals surface area contributed by atoms with Gasteiger partial charge in [-0.3, -0.25) is 0 Å². The van der Waals surface area contributed by atoms with Crippen LogP contribution in [0.5, 0.6) is 0 Å². The maximum absolute atomic E-state index is 10.8. The van der Waals surface area contributed by atoms with Crippen LogP contribution in [0.15, 0.2) is 58.3 Å². The van der Waals surface area contributed by atoms with Gasteiger partial charge < -0.3 is 9.11 Å². The quantitative estimate of drug-likeness (QED) is 0.0607. The van der Waals surface area contributed by atoms with Crippen LogP contribution in [0.3, 0.4) is 0 Å². The van der Waals surface area contributed by atoms with E-state index in [9.17, 15) is 25.9 Å². The van der Waals surface area contributed by atoms with Crippen molar-refractivity contribution in [2.45, 2.75) is 165 Å². The van der Waals surface area contributed by atoms with Crippen molar-refractivity contribution in [1.82, 2.24) is 0 Å². The zero-order valence-electron chi connectivity index (χ0n) is 28.1. The summed E-state index contributed by atoms with van der Waals surface area (Å²) < 4.78 is 65.0. The van der Waals surface area contributed by atoms with Gasteiger partial charge in [0.15, 0.2) is 0 Å². The second-order valence-corrected chi connectivity index (χ2v) is 14.8. The number of hydrogen-bond donors (Lipinski definition) is 0. The maximum Gasteiger partial charge on any atom is 2.00 e. The first-order valence-corrected chi connectivity index (χ1v) is 20.0. The van der Waals surface area contributed by atoms with Crippen molar-refractivity contribution in [2.75, 3.05) is 0 Å². The first kappa shape index (κ1) is 43.9. The van der Waals surface area contributed by atoms with E-state index in [-0.39, 0.29) is 29.3 Å². The van der Waals surface area contributed by atoms with E-state index in [0.29, 0.717) is 0 Å². The Morgan fingerprint density at radius 2 is 0.622 bits per heavy atom. The van der Waals surface area contributed by atoms with Crippen molar-refractivity contribution < 1.29 is 45.4 Å². The molecule has 0 aliphatic heterocycles. The Balaban J connectivity index is 0.000000842. The SMILES string of the molecule is CCCCCCCCCCCCc1ccc(S(=O)(=O)[O-])cc1.CCCCCCCCCCCCc1ccc(S(=O)(=O)[O-])cc1.[Zn+2]. The van der Waals surface area contributed by atoms with E-state index in [4.69, 9.17) is 0 Å². The number of unbranched alkanes of at least 4 members (excludes halogenated alkanes) is 18. The zero-order chi connectivity index (χ0) is 32.5. The van der Waals surface area contributed by atoms with Gasteiger partial charge in [-0.05, 0) is 61.1 Å². The topological polar surface area (TPSA) is 114 Å². The third-order valence-corrected chi connectivity index (χ3v) is 9.76.